The van der Waals surface area contributed by atoms with Gasteiger partial charge in [0.2, 0.25) is 5.91 Å². The maximum absolute atomic E-state index is 12.1. The lowest BCUT2D eigenvalue weighted by Crippen LogP contribution is -2.32. The molecule has 0 radical (unpaired) electrons. The molecule has 0 aliphatic heterocycles. The minimum atomic E-state index is -0.154. The predicted molar refractivity (Wildman–Crippen MR) is 87.5 cm³/mol. The first-order valence-electron chi connectivity index (χ1n) is 7.10. The molecule has 2 aromatic rings. The minimum Gasteiger partial charge on any atom is -0.345 e. The van der Waals surface area contributed by atoms with E-state index in [0.29, 0.717) is 5.02 Å². The molecule has 0 heterocycles. The zero-order chi connectivity index (χ0) is 15.4. The van der Waals surface area contributed by atoms with Gasteiger partial charge in [-0.05, 0) is 35.7 Å². The smallest absolute Gasteiger partial charge is 0.223 e. The van der Waals surface area contributed by atoms with Gasteiger partial charge in [-0.25, -0.2) is 0 Å². The van der Waals surface area contributed by atoms with E-state index in [4.69, 9.17) is 11.6 Å². The Morgan fingerprint density at radius 2 is 1.76 bits per heavy atom. The van der Waals surface area contributed by atoms with Crippen LogP contribution in [0, 0.1) is 12.8 Å². The zero-order valence-corrected chi connectivity index (χ0v) is 13.3. The van der Waals surface area contributed by atoms with E-state index in [9.17, 15) is 4.79 Å². The average Bonchev–Trinajstić information content (AvgIpc) is 2.46. The van der Waals surface area contributed by atoms with Crippen molar-refractivity contribution in [3.05, 3.63) is 70.2 Å². The summed E-state index contributed by atoms with van der Waals surface area (Å²) >= 11 is 6.04. The summed E-state index contributed by atoms with van der Waals surface area (Å²) in [5.74, 6) is -0.0120. The second-order valence-corrected chi connectivity index (χ2v) is 5.94. The van der Waals surface area contributed by atoms with Gasteiger partial charge in [0, 0.05) is 10.9 Å². The van der Waals surface area contributed by atoms with Crippen molar-refractivity contribution in [3.8, 4) is 0 Å². The van der Waals surface area contributed by atoms with E-state index in [1.807, 2.05) is 69.3 Å². The van der Waals surface area contributed by atoms with Gasteiger partial charge in [-0.1, -0.05) is 61.8 Å². The molecule has 1 atom stereocenters. The molecular weight excluding hydrogens is 282 g/mol. The number of hydrogen-bond acceptors (Lipinski definition) is 1. The molecular formula is C18H20ClNO. The fourth-order valence-electron chi connectivity index (χ4n) is 2.26. The highest BCUT2D eigenvalue weighted by atomic mass is 35.5. The second kappa shape index (κ2) is 6.77. The number of carbonyl (C=O) groups excluding carboxylic acids is 1. The Balaban J connectivity index is 2.43. The van der Waals surface area contributed by atoms with Gasteiger partial charge in [0.1, 0.15) is 0 Å². The summed E-state index contributed by atoms with van der Waals surface area (Å²) in [6.07, 6.45) is 0. The number of nitrogens with one attached hydrogen (secondary N) is 1. The molecule has 0 saturated heterocycles. The Kier molecular flexibility index (Phi) is 5.03. The van der Waals surface area contributed by atoms with Crippen LogP contribution in [-0.2, 0) is 4.79 Å². The summed E-state index contributed by atoms with van der Waals surface area (Å²) in [7, 11) is 0. The molecule has 2 aromatic carbocycles. The molecule has 1 amide bonds. The lowest BCUT2D eigenvalue weighted by molar-refractivity contribution is -0.124. The summed E-state index contributed by atoms with van der Waals surface area (Å²) in [5, 5.41) is 3.83. The van der Waals surface area contributed by atoms with E-state index >= 15 is 0 Å². The maximum Gasteiger partial charge on any atom is 0.223 e. The number of amides is 1. The Bertz CT molecular complexity index is 622. The number of halogens is 1. The van der Waals surface area contributed by atoms with Crippen LogP contribution in [0.1, 0.15) is 36.6 Å². The van der Waals surface area contributed by atoms with Gasteiger partial charge in [-0.2, -0.15) is 0 Å². The third kappa shape index (κ3) is 3.85. The van der Waals surface area contributed by atoms with Gasteiger partial charge in [0.05, 0.1) is 6.04 Å². The van der Waals surface area contributed by atoms with Crippen LogP contribution in [0.4, 0.5) is 0 Å². The van der Waals surface area contributed by atoms with Crippen molar-refractivity contribution in [2.45, 2.75) is 26.8 Å². The Hall–Kier alpha value is -1.80. The molecule has 0 spiro atoms. The molecule has 0 fully saturated rings. The van der Waals surface area contributed by atoms with Crippen molar-refractivity contribution in [3.63, 3.8) is 0 Å². The Morgan fingerprint density at radius 1 is 1.10 bits per heavy atom. The van der Waals surface area contributed by atoms with Crippen LogP contribution in [0.15, 0.2) is 48.5 Å². The summed E-state index contributed by atoms with van der Waals surface area (Å²) in [5.41, 5.74) is 3.21. The minimum absolute atomic E-state index is 0.0400. The fraction of sp³-hybridized carbons (Fsp3) is 0.278. The van der Waals surface area contributed by atoms with Crippen molar-refractivity contribution < 1.29 is 4.79 Å². The Morgan fingerprint density at radius 3 is 2.33 bits per heavy atom. The average molecular weight is 302 g/mol. The van der Waals surface area contributed by atoms with Crippen LogP contribution in [0.5, 0.6) is 0 Å². The van der Waals surface area contributed by atoms with Crippen LogP contribution in [0.2, 0.25) is 5.02 Å². The van der Waals surface area contributed by atoms with E-state index in [1.54, 1.807) is 0 Å². The van der Waals surface area contributed by atoms with Crippen molar-refractivity contribution in [1.29, 1.82) is 0 Å². The first-order valence-corrected chi connectivity index (χ1v) is 7.48. The summed E-state index contributed by atoms with van der Waals surface area (Å²) in [6.45, 7) is 5.80. The molecule has 110 valence electrons. The summed E-state index contributed by atoms with van der Waals surface area (Å²) in [6, 6.07) is 15.6. The molecule has 0 aliphatic carbocycles. The molecule has 0 saturated carbocycles. The van der Waals surface area contributed by atoms with E-state index in [2.05, 4.69) is 5.32 Å². The number of benzene rings is 2. The van der Waals surface area contributed by atoms with Crippen LogP contribution in [0.25, 0.3) is 0 Å². The molecule has 1 N–H and O–H groups in total. The molecule has 2 rings (SSSR count). The van der Waals surface area contributed by atoms with Crippen molar-refractivity contribution in [1.82, 2.24) is 5.32 Å². The maximum atomic E-state index is 12.1. The van der Waals surface area contributed by atoms with Gasteiger partial charge in [0.15, 0.2) is 0 Å². The third-order valence-corrected chi connectivity index (χ3v) is 3.72. The number of rotatable bonds is 4. The molecule has 0 aromatic heterocycles. The Labute approximate surface area is 131 Å². The number of aryl methyl sites for hydroxylation is 1. The SMILES string of the molecule is Cc1cc(Cl)ccc1C(NC(=O)C(C)C)c1ccccc1. The van der Waals surface area contributed by atoms with Gasteiger partial charge in [0.25, 0.3) is 0 Å². The summed E-state index contributed by atoms with van der Waals surface area (Å²) in [4.78, 5) is 12.1. The predicted octanol–water partition coefficient (Wildman–Crippen LogP) is 4.51. The number of hydrogen-bond donors (Lipinski definition) is 1. The monoisotopic (exact) mass is 301 g/mol. The van der Waals surface area contributed by atoms with Gasteiger partial charge < -0.3 is 5.32 Å². The topological polar surface area (TPSA) is 29.1 Å². The van der Waals surface area contributed by atoms with Crippen LogP contribution in [-0.4, -0.2) is 5.91 Å². The van der Waals surface area contributed by atoms with Crippen molar-refractivity contribution in [2.75, 3.05) is 0 Å². The van der Waals surface area contributed by atoms with Crippen molar-refractivity contribution in [2.24, 2.45) is 5.92 Å². The molecule has 0 bridgehead atoms. The lowest BCUT2D eigenvalue weighted by atomic mass is 9.94. The van der Waals surface area contributed by atoms with Gasteiger partial charge in [-0.15, -0.1) is 0 Å². The highest BCUT2D eigenvalue weighted by Gasteiger charge is 2.20. The molecule has 0 aliphatic rings. The first kappa shape index (κ1) is 15.6. The molecule has 3 heteroatoms. The van der Waals surface area contributed by atoms with Crippen molar-refractivity contribution >= 4 is 17.5 Å². The highest BCUT2D eigenvalue weighted by molar-refractivity contribution is 6.30. The summed E-state index contributed by atoms with van der Waals surface area (Å²) < 4.78 is 0. The highest BCUT2D eigenvalue weighted by Crippen LogP contribution is 2.27. The normalized spacial score (nSPS) is 12.2. The molecule has 1 unspecified atom stereocenters. The van der Waals surface area contributed by atoms with E-state index in [-0.39, 0.29) is 17.9 Å². The molecule has 21 heavy (non-hydrogen) atoms. The van der Waals surface area contributed by atoms with Crippen LogP contribution >= 0.6 is 11.6 Å². The fourth-order valence-corrected chi connectivity index (χ4v) is 2.48. The lowest BCUT2D eigenvalue weighted by Gasteiger charge is -2.23. The van der Waals surface area contributed by atoms with Gasteiger partial charge in [-0.3, -0.25) is 4.79 Å². The van der Waals surface area contributed by atoms with E-state index < -0.39 is 0 Å². The zero-order valence-electron chi connectivity index (χ0n) is 12.6. The van der Waals surface area contributed by atoms with Gasteiger partial charge >= 0.3 is 0 Å². The van der Waals surface area contributed by atoms with Crippen LogP contribution in [0.3, 0.4) is 0 Å². The quantitative estimate of drug-likeness (QED) is 0.884. The largest absolute Gasteiger partial charge is 0.345 e. The van der Waals surface area contributed by atoms with E-state index in [0.717, 1.165) is 16.7 Å². The van der Waals surface area contributed by atoms with E-state index in [1.165, 1.54) is 0 Å². The molecule has 2 nitrogen and oxygen atoms in total. The standard InChI is InChI=1S/C18H20ClNO/c1-12(2)18(21)20-17(14-7-5-4-6-8-14)16-10-9-15(19)11-13(16)3/h4-12,17H,1-3H3,(H,20,21). The third-order valence-electron chi connectivity index (χ3n) is 3.49. The second-order valence-electron chi connectivity index (χ2n) is 5.51. The first-order chi connectivity index (χ1) is 9.99. The van der Waals surface area contributed by atoms with Crippen LogP contribution < -0.4 is 5.32 Å². The number of carbonyl (C=O) groups is 1.